The van der Waals surface area contributed by atoms with Crippen molar-refractivity contribution in [3.63, 3.8) is 0 Å². The molecule has 10 N–H and O–H groups in total. The summed E-state index contributed by atoms with van der Waals surface area (Å²) in [4.78, 5) is 31.6. The van der Waals surface area contributed by atoms with Gasteiger partial charge in [-0.15, -0.1) is 0 Å². The second-order valence-electron chi connectivity index (χ2n) is 32.1. The van der Waals surface area contributed by atoms with Crippen LogP contribution >= 0.6 is 148 Å². The molecule has 10 heterocycles. The largest absolute Gasteiger partial charge is 0.393 e. The highest BCUT2D eigenvalue weighted by molar-refractivity contribution is 9.11. The molecule has 678 valence electrons. The molecule has 0 saturated carbocycles. The Labute approximate surface area is 816 Å². The van der Waals surface area contributed by atoms with Crippen LogP contribution in [0.1, 0.15) is 126 Å². The first-order chi connectivity index (χ1) is 61.1. The molecule has 0 spiro atoms. The van der Waals surface area contributed by atoms with Crippen molar-refractivity contribution in [1.82, 2.24) is 0 Å². The van der Waals surface area contributed by atoms with Gasteiger partial charge in [-0.05, 0) is 174 Å². The van der Waals surface area contributed by atoms with E-state index in [-0.39, 0.29) is 42.7 Å². The number of rotatable bonds is 15. The van der Waals surface area contributed by atoms with Crippen LogP contribution in [0.4, 0.5) is 0 Å². The molecule has 8 fully saturated rings. The van der Waals surface area contributed by atoms with E-state index in [2.05, 4.69) is 182 Å². The molecule has 12 atom stereocenters. The molecule has 32 heteroatoms. The number of ether oxygens (including phenoxy) is 9. The van der Waals surface area contributed by atoms with Gasteiger partial charge in [-0.3, -0.25) is 9.59 Å². The lowest BCUT2D eigenvalue weighted by Crippen LogP contribution is -2.53. The van der Waals surface area contributed by atoms with Crippen LogP contribution in [0.3, 0.4) is 0 Å². The number of ketones is 2. The summed E-state index contributed by atoms with van der Waals surface area (Å²) in [5, 5.41) is 46.0. The average molecular weight is 2240 g/mol. The summed E-state index contributed by atoms with van der Waals surface area (Å²) in [5.74, 6) is 0.354. The number of aliphatic imine (C=N–C) groups is 1. The molecule has 0 amide bonds. The van der Waals surface area contributed by atoms with Gasteiger partial charge < -0.3 is 80.3 Å². The molecule has 127 heavy (non-hydrogen) atoms. The average Bonchev–Trinajstić information content (AvgIpc) is 1.55. The van der Waals surface area contributed by atoms with Crippen molar-refractivity contribution < 1.29 is 72.6 Å². The Kier molecular flexibility index (Phi) is 40.0. The first-order valence-electron chi connectivity index (χ1n) is 41.9. The number of thioether (sulfide) groups is 1. The number of amidine groups is 1. The predicted octanol–water partition coefficient (Wildman–Crippen LogP) is 19.3. The van der Waals surface area contributed by atoms with Crippen LogP contribution in [0, 0.1) is 0 Å². The second-order valence-corrected chi connectivity index (χ2v) is 40.8. The van der Waals surface area contributed by atoms with E-state index in [0.717, 1.165) is 119 Å². The lowest BCUT2D eigenvalue weighted by atomic mass is 9.69. The van der Waals surface area contributed by atoms with Gasteiger partial charge in [-0.1, -0.05) is 274 Å². The van der Waals surface area contributed by atoms with E-state index >= 15 is 0 Å². The van der Waals surface area contributed by atoms with Crippen molar-refractivity contribution in [2.24, 2.45) is 27.3 Å². The highest BCUT2D eigenvalue weighted by atomic mass is 79.9. The second kappa shape index (κ2) is 49.6. The lowest BCUT2D eigenvalue weighted by molar-refractivity contribution is -0.124. The molecule has 0 aliphatic carbocycles. The van der Waals surface area contributed by atoms with Crippen LogP contribution < -0.4 is 17.2 Å². The van der Waals surface area contributed by atoms with Gasteiger partial charge in [-0.2, -0.15) is 0 Å². The highest BCUT2D eigenvalue weighted by Crippen LogP contribution is 2.52. The Morgan fingerprint density at radius 3 is 1.46 bits per heavy atom. The topological polar surface area (TPSA) is 341 Å². The Bertz CT molecular complexity index is 5120. The summed E-state index contributed by atoms with van der Waals surface area (Å²) >= 11 is 36.5. The molecular weight excluding hydrogens is 2130 g/mol. The third kappa shape index (κ3) is 28.0. The number of carbonyl (C=O) groups is 2. The number of aliphatic hydroxyl groups excluding tert-OH is 4. The number of epoxide rings is 1. The van der Waals surface area contributed by atoms with E-state index < -0.39 is 46.3 Å². The quantitative estimate of drug-likeness (QED) is 0.0125. The molecule has 10 aliphatic rings. The fourth-order valence-corrected chi connectivity index (χ4v) is 21.4. The Balaban J connectivity index is 0.000000143. The van der Waals surface area contributed by atoms with E-state index in [9.17, 15) is 30.0 Å². The molecular formula is C95H106Br7N7O15S3. The third-order valence-electron chi connectivity index (χ3n) is 23.9. The fraction of sp³-hybridized carbons (Fsp3) is 0.421. The number of hydrogen-bond donors (Lipinski definition) is 7. The number of nitrogens with zero attached hydrogens (tertiary/aromatic N) is 4. The number of Topliss-reactive ketones (excluding diaryl/α,β-unsaturated/α-hetero) is 2. The molecule has 18 rings (SSSR count). The summed E-state index contributed by atoms with van der Waals surface area (Å²) < 4.78 is 55.2. The smallest absolute Gasteiger partial charge is 0.167 e. The van der Waals surface area contributed by atoms with Crippen molar-refractivity contribution in [3.05, 3.63) is 293 Å². The maximum absolute atomic E-state index is 12.5. The molecule has 0 radical (unpaired) electrons. The molecule has 0 bridgehead atoms. The van der Waals surface area contributed by atoms with Crippen molar-refractivity contribution >= 4 is 180 Å². The minimum atomic E-state index is -0.920. The first-order valence-corrected chi connectivity index (χ1v) is 49.2. The van der Waals surface area contributed by atoms with E-state index in [0.29, 0.717) is 129 Å². The van der Waals surface area contributed by atoms with Crippen LogP contribution in [0.5, 0.6) is 0 Å². The molecule has 8 aromatic carbocycles. The maximum Gasteiger partial charge on any atom is 0.167 e. The standard InChI is InChI=1S/C21H21BrO3S.C13H16BrNO2S.C12H13BrN2OS.C11H12BrN3O2.C11H14BrNO2.C11H11BrO2.C11H11BrO.C5H8O2/c22-17-8-4-7-16(11-17)21(9-10-25-14-20(21)24)13-18(26)12-19(23)15-5-2-1-3-6-15;14-10-3-1-2-9(6-10)13(7-12(15)18)4-5-17-8-11(13)16;13-9-3-1-2-8(6-9)12-4-5-16-7-10(12)17-11(14)15-12;12-9-3-1-2-8(6-9)11(14-15-13)4-5-17-7-10(11)16;12-9-3-1-2-8(6-9)11(13)4-5-15-7-10(11)14;12-9-3-1-2-8(6-9)11-4-5-13-7-10(11)14-11;12-11-3-1-2-10(8-11)9-4-6-13-7-5-9;6-5-1-3-7-4-2-5/h1-8,11,20,24H,9-10,12-14H2;1-3,6,11,16H,4-5,7-8H2,(H2,15,18);1-3,6,10H,4-5,7H2,(H2,14,15);1-3,6,10,16H,4-5,7H2;1-3,6,10,14H,4-5,7,13H2;1-3,6,10H,4-5,7H2;1-4,8H,5-7H2;1-4H2/t20-,21+;11-,13+;10-,12-;2*10-,11+;;;/m00100.../s1. The number of carbonyl (C=O) groups excluding carboxylic acids is 2. The van der Waals surface area contributed by atoms with Gasteiger partial charge in [-0.25, -0.2) is 4.99 Å². The summed E-state index contributed by atoms with van der Waals surface area (Å²) in [6, 6.07) is 65.5. The van der Waals surface area contributed by atoms with Crippen LogP contribution in [-0.4, -0.2) is 188 Å². The van der Waals surface area contributed by atoms with Gasteiger partial charge >= 0.3 is 0 Å². The van der Waals surface area contributed by atoms with Crippen molar-refractivity contribution in [3.8, 4) is 0 Å². The number of benzene rings is 8. The zero-order valence-electron chi connectivity index (χ0n) is 70.1. The fourth-order valence-electron chi connectivity index (χ4n) is 16.8. The van der Waals surface area contributed by atoms with Crippen LogP contribution in [0.25, 0.3) is 16.0 Å². The first kappa shape index (κ1) is 102. The van der Waals surface area contributed by atoms with Crippen LogP contribution in [0.15, 0.2) is 248 Å². The molecule has 22 nitrogen and oxygen atoms in total. The Morgan fingerprint density at radius 2 is 0.945 bits per heavy atom. The molecule has 8 aromatic rings. The molecule has 2 unspecified atom stereocenters. The third-order valence-corrected chi connectivity index (χ3v) is 28.9. The number of thiocarbonyl (C=S) groups is 2. The minimum Gasteiger partial charge on any atom is -0.393 e. The van der Waals surface area contributed by atoms with Crippen molar-refractivity contribution in [2.75, 3.05) is 106 Å². The molecule has 8 saturated heterocycles. The number of aliphatic hydroxyl groups is 4. The van der Waals surface area contributed by atoms with Crippen LogP contribution in [-0.2, 0) is 80.5 Å². The molecule has 0 aromatic heterocycles. The zero-order chi connectivity index (χ0) is 90.6. The Morgan fingerprint density at radius 1 is 0.488 bits per heavy atom. The number of azide groups is 1. The van der Waals surface area contributed by atoms with Gasteiger partial charge in [0, 0.05) is 136 Å². The monoisotopic (exact) mass is 2230 g/mol. The summed E-state index contributed by atoms with van der Waals surface area (Å²) in [5.41, 5.74) is 33.5. The SMILES string of the molecule is Brc1cccc(C23CCOCC2O3)c1.Brc1cccc(C2=CCOCC2)c1.NC(=S)C[C@@]1(c2cccc(Br)c2)CCOC[C@@H]1O.NC1=N[C@@]2(c3cccc(Br)c3)CCOC[C@H]2S1.N[C@@]1(c2cccc(Br)c2)CCOC[C@@H]1O.O=C(CC(=S)C[C@@]1(c2cccc(Br)c2)CCOC[C@@H]1O)c1ccccc1.O=C1CCOCC1.[N-]=[N+]=N[C@@]1(c2cccc(Br)c2)CCOC[C@@H]1O. The van der Waals surface area contributed by atoms with E-state index in [1.165, 1.54) is 22.3 Å². The van der Waals surface area contributed by atoms with Gasteiger partial charge in [0.05, 0.1) is 106 Å². The van der Waals surface area contributed by atoms with Crippen molar-refractivity contribution in [1.29, 1.82) is 0 Å². The number of fused-ring (bicyclic) bond motifs is 2. The van der Waals surface area contributed by atoms with E-state index in [4.69, 9.17) is 94.8 Å². The van der Waals surface area contributed by atoms with Gasteiger partial charge in [0.25, 0.3) is 0 Å². The van der Waals surface area contributed by atoms with E-state index in [1.54, 1.807) is 23.9 Å². The highest BCUT2D eigenvalue weighted by Gasteiger charge is 2.59. The van der Waals surface area contributed by atoms with Crippen molar-refractivity contribution in [2.45, 2.75) is 146 Å². The maximum atomic E-state index is 12.5. The van der Waals surface area contributed by atoms with Gasteiger partial charge in [0.15, 0.2) is 11.0 Å². The number of hydrogen-bond acceptors (Lipinski definition) is 22. The van der Waals surface area contributed by atoms with E-state index in [1.807, 2.05) is 133 Å². The lowest BCUT2D eigenvalue weighted by Gasteiger charge is -2.42. The minimum absolute atomic E-state index is 0.0153. The normalized spacial score (nSPS) is 27.3. The summed E-state index contributed by atoms with van der Waals surface area (Å²) in [7, 11) is 0. The summed E-state index contributed by atoms with van der Waals surface area (Å²) in [6.45, 7) is 9.26. The summed E-state index contributed by atoms with van der Waals surface area (Å²) in [6.07, 6.45) is 7.63. The molecule has 10 aliphatic heterocycles. The van der Waals surface area contributed by atoms with Crippen LogP contribution in [0.2, 0.25) is 0 Å². The predicted molar refractivity (Wildman–Crippen MR) is 529 cm³/mol. The number of halogens is 7. The number of nitrogens with two attached hydrogens (primary N) is 3. The van der Waals surface area contributed by atoms with Gasteiger partial charge in [0.1, 0.15) is 28.6 Å². The van der Waals surface area contributed by atoms with Gasteiger partial charge in [0.2, 0.25) is 0 Å². The Hall–Kier alpha value is -5.25. The zero-order valence-corrected chi connectivity index (χ0v) is 83.6.